The summed E-state index contributed by atoms with van der Waals surface area (Å²) in [6.07, 6.45) is 0. The van der Waals surface area contributed by atoms with Gasteiger partial charge in [-0.3, -0.25) is 0 Å². The summed E-state index contributed by atoms with van der Waals surface area (Å²) in [7, 11) is 1.98. The van der Waals surface area contributed by atoms with Gasteiger partial charge in [-0.2, -0.15) is 0 Å². The van der Waals surface area contributed by atoms with E-state index in [0.717, 1.165) is 39.3 Å². The molecule has 1 unspecified atom stereocenters. The fourth-order valence-electron chi connectivity index (χ4n) is 6.87. The third-order valence-electron chi connectivity index (χ3n) is 8.57. The first-order valence-electron chi connectivity index (χ1n) is 16.4. The maximum atomic E-state index is 13.1. The first-order chi connectivity index (χ1) is 22.1. The Morgan fingerprint density at radius 1 is 0.787 bits per heavy atom. The Labute approximate surface area is 295 Å². The van der Waals surface area contributed by atoms with Gasteiger partial charge in [0.05, 0.1) is 10.0 Å². The largest absolute Gasteiger partial charge is 0.478 e. The zero-order chi connectivity index (χ0) is 34.6. The fraction of sp³-hybridized carbons (Fsp3) is 0.375. The topological polar surface area (TPSA) is 47.0 Å². The Morgan fingerprint density at radius 2 is 1.36 bits per heavy atom. The standard InChI is InChI=1S/C40H49BrClN3O2/c1-26(2)44(27(3)4)37-24-33(45(28(5)6)40(7,8)41)20-22-35(37)38(30-13-11-10-12-14-30)34-21-19-32(23-36(34)39(46)47)43(9)25-29-15-17-31(42)18-16-29/h10-24,26-28,38H,25H2,1-9H3,(H,46,47). The summed E-state index contributed by atoms with van der Waals surface area (Å²) in [6.45, 7) is 18.2. The van der Waals surface area contributed by atoms with Crippen molar-refractivity contribution >= 4 is 50.6 Å². The lowest BCUT2D eigenvalue weighted by Crippen LogP contribution is -2.44. The Bertz CT molecular complexity index is 1640. The molecule has 0 aliphatic rings. The predicted molar refractivity (Wildman–Crippen MR) is 204 cm³/mol. The van der Waals surface area contributed by atoms with Gasteiger partial charge in [0.2, 0.25) is 0 Å². The minimum absolute atomic E-state index is 0.216. The molecule has 4 rings (SSSR count). The van der Waals surface area contributed by atoms with Gasteiger partial charge in [-0.25, -0.2) is 4.79 Å². The Morgan fingerprint density at radius 3 is 1.89 bits per heavy atom. The van der Waals surface area contributed by atoms with Crippen LogP contribution in [0.1, 0.15) is 93.9 Å². The second-order valence-electron chi connectivity index (χ2n) is 13.6. The van der Waals surface area contributed by atoms with Gasteiger partial charge in [-0.1, -0.05) is 82.1 Å². The Hall–Kier alpha value is -3.48. The molecule has 0 heterocycles. The molecule has 0 saturated heterocycles. The second kappa shape index (κ2) is 15.2. The van der Waals surface area contributed by atoms with E-state index in [2.05, 4.69) is 116 Å². The summed E-state index contributed by atoms with van der Waals surface area (Å²) in [5.74, 6) is -1.26. The van der Waals surface area contributed by atoms with Crippen molar-refractivity contribution in [3.63, 3.8) is 0 Å². The van der Waals surface area contributed by atoms with Crippen LogP contribution < -0.4 is 14.7 Å². The number of aromatic carboxylic acids is 1. The van der Waals surface area contributed by atoms with Crippen molar-refractivity contribution in [1.29, 1.82) is 0 Å². The van der Waals surface area contributed by atoms with Gasteiger partial charge >= 0.3 is 5.97 Å². The van der Waals surface area contributed by atoms with Crippen LogP contribution in [0.3, 0.4) is 0 Å². The van der Waals surface area contributed by atoms with Crippen LogP contribution >= 0.6 is 27.5 Å². The van der Waals surface area contributed by atoms with Crippen LogP contribution in [0.15, 0.2) is 91.0 Å². The zero-order valence-electron chi connectivity index (χ0n) is 29.1. The van der Waals surface area contributed by atoms with E-state index < -0.39 is 5.97 Å². The van der Waals surface area contributed by atoms with E-state index in [0.29, 0.717) is 17.1 Å². The summed E-state index contributed by atoms with van der Waals surface area (Å²) in [4.78, 5) is 20.0. The van der Waals surface area contributed by atoms with E-state index in [9.17, 15) is 9.90 Å². The van der Waals surface area contributed by atoms with Crippen LogP contribution in [0.4, 0.5) is 17.1 Å². The molecule has 0 aliphatic carbocycles. The van der Waals surface area contributed by atoms with E-state index in [1.807, 2.05) is 67.7 Å². The lowest BCUT2D eigenvalue weighted by molar-refractivity contribution is 0.0695. The molecule has 0 spiro atoms. The van der Waals surface area contributed by atoms with Crippen LogP contribution in [-0.2, 0) is 6.54 Å². The number of hydrogen-bond donors (Lipinski definition) is 1. The third-order valence-corrected chi connectivity index (χ3v) is 9.20. The zero-order valence-corrected chi connectivity index (χ0v) is 31.5. The summed E-state index contributed by atoms with van der Waals surface area (Å²) < 4.78 is -0.274. The first kappa shape index (κ1) is 36.4. The lowest BCUT2D eigenvalue weighted by Gasteiger charge is -2.42. The summed E-state index contributed by atoms with van der Waals surface area (Å²) >= 11 is 10.0. The highest BCUT2D eigenvalue weighted by molar-refractivity contribution is 9.10. The minimum Gasteiger partial charge on any atom is -0.478 e. The molecule has 4 aromatic rings. The molecule has 7 heteroatoms. The van der Waals surface area contributed by atoms with Gasteiger partial charge in [0.25, 0.3) is 0 Å². The molecule has 0 fully saturated rings. The van der Waals surface area contributed by atoms with Gasteiger partial charge < -0.3 is 19.8 Å². The van der Waals surface area contributed by atoms with Crippen LogP contribution in [0.5, 0.6) is 0 Å². The third kappa shape index (κ3) is 8.52. The molecule has 1 N–H and O–H groups in total. The summed E-state index contributed by atoms with van der Waals surface area (Å²) in [5, 5.41) is 11.4. The number of benzene rings is 4. The molecular weight excluding hydrogens is 670 g/mol. The van der Waals surface area contributed by atoms with Gasteiger partial charge in [-0.05, 0) is 114 Å². The van der Waals surface area contributed by atoms with Crippen LogP contribution in [0.2, 0.25) is 5.02 Å². The molecule has 0 aromatic heterocycles. The van der Waals surface area contributed by atoms with Crippen molar-refractivity contribution in [2.24, 2.45) is 0 Å². The number of alkyl halides is 1. The monoisotopic (exact) mass is 717 g/mol. The Balaban J connectivity index is 1.96. The molecule has 47 heavy (non-hydrogen) atoms. The normalized spacial score (nSPS) is 12.5. The molecule has 250 valence electrons. The minimum atomic E-state index is -0.947. The van der Waals surface area contributed by atoms with Crippen molar-refractivity contribution in [2.75, 3.05) is 21.7 Å². The highest BCUT2D eigenvalue weighted by Crippen LogP contribution is 2.44. The van der Waals surface area contributed by atoms with E-state index >= 15 is 0 Å². The average Bonchev–Trinajstić information content (AvgIpc) is 2.98. The maximum absolute atomic E-state index is 13.1. The number of carboxylic acids is 1. The van der Waals surface area contributed by atoms with Crippen LogP contribution in [0.25, 0.3) is 0 Å². The molecule has 1 atom stereocenters. The lowest BCUT2D eigenvalue weighted by atomic mass is 9.81. The van der Waals surface area contributed by atoms with Crippen molar-refractivity contribution in [3.05, 3.63) is 124 Å². The van der Waals surface area contributed by atoms with E-state index in [-0.39, 0.29) is 28.5 Å². The predicted octanol–water partition coefficient (Wildman–Crippen LogP) is 10.8. The quantitative estimate of drug-likeness (QED) is 0.0847. The molecule has 0 aliphatic heterocycles. The number of anilines is 3. The van der Waals surface area contributed by atoms with Crippen molar-refractivity contribution in [1.82, 2.24) is 0 Å². The molecule has 5 nitrogen and oxygen atoms in total. The van der Waals surface area contributed by atoms with E-state index in [1.54, 1.807) is 0 Å². The number of halogens is 2. The molecule has 0 radical (unpaired) electrons. The second-order valence-corrected chi connectivity index (χ2v) is 16.0. The number of carbonyl (C=O) groups is 1. The maximum Gasteiger partial charge on any atom is 0.336 e. The highest BCUT2D eigenvalue weighted by atomic mass is 79.9. The SMILES string of the molecule is CC(C)N(c1cc(N(C(C)C)C(C)(C)Br)ccc1C(c1ccccc1)c1ccc(N(C)Cc2ccc(Cl)cc2)cc1C(=O)O)C(C)C. The van der Waals surface area contributed by atoms with Crippen molar-refractivity contribution in [2.45, 2.75) is 90.4 Å². The van der Waals surface area contributed by atoms with Gasteiger partial charge in [0, 0.05) is 59.7 Å². The molecule has 0 bridgehead atoms. The van der Waals surface area contributed by atoms with E-state index in [4.69, 9.17) is 11.6 Å². The van der Waals surface area contributed by atoms with Gasteiger partial charge in [0.15, 0.2) is 0 Å². The number of rotatable bonds is 13. The average molecular weight is 719 g/mol. The fourth-order valence-corrected chi connectivity index (χ4v) is 7.61. The first-order valence-corrected chi connectivity index (χ1v) is 17.6. The van der Waals surface area contributed by atoms with E-state index in [1.165, 1.54) is 0 Å². The smallest absolute Gasteiger partial charge is 0.336 e. The molecule has 4 aromatic carbocycles. The summed E-state index contributed by atoms with van der Waals surface area (Å²) in [5.41, 5.74) is 7.30. The number of hydrogen-bond acceptors (Lipinski definition) is 4. The van der Waals surface area contributed by atoms with Crippen LogP contribution in [-0.4, -0.2) is 40.7 Å². The van der Waals surface area contributed by atoms with Gasteiger partial charge in [-0.15, -0.1) is 0 Å². The van der Waals surface area contributed by atoms with Crippen molar-refractivity contribution in [3.8, 4) is 0 Å². The molecule has 0 amide bonds. The number of nitrogens with zero attached hydrogens (tertiary/aromatic N) is 3. The molecular formula is C40H49BrClN3O2. The van der Waals surface area contributed by atoms with Gasteiger partial charge in [0.1, 0.15) is 0 Å². The highest BCUT2D eigenvalue weighted by Gasteiger charge is 2.31. The van der Waals surface area contributed by atoms with Crippen LogP contribution in [0, 0.1) is 0 Å². The number of carboxylic acid groups (broad SMARTS) is 1. The Kier molecular flexibility index (Phi) is 11.7. The summed E-state index contributed by atoms with van der Waals surface area (Å²) in [6, 6.07) is 31.2. The van der Waals surface area contributed by atoms with Crippen molar-refractivity contribution < 1.29 is 9.90 Å². The molecule has 0 saturated carbocycles.